The smallest absolute Gasteiger partial charge is 0.325 e. The summed E-state index contributed by atoms with van der Waals surface area (Å²) >= 11 is 0. The fourth-order valence-electron chi connectivity index (χ4n) is 1.78. The molecule has 0 aromatic heterocycles. The molecule has 1 aliphatic heterocycles. The second kappa shape index (κ2) is 5.48. The number of rotatable bonds is 4. The van der Waals surface area contributed by atoms with Crippen LogP contribution in [0.1, 0.15) is 5.56 Å². The molecule has 3 N–H and O–H groups in total. The largest absolute Gasteiger partial charge is 0.416 e. The van der Waals surface area contributed by atoms with Crippen molar-refractivity contribution in [3.8, 4) is 0 Å². The predicted molar refractivity (Wildman–Crippen MR) is 69.3 cm³/mol. The van der Waals surface area contributed by atoms with Crippen LogP contribution in [0.3, 0.4) is 0 Å². The summed E-state index contributed by atoms with van der Waals surface area (Å²) in [5.41, 5.74) is -1.31. The molecule has 0 spiro atoms. The Morgan fingerprint density at radius 3 is 2.45 bits per heavy atom. The highest BCUT2D eigenvalue weighted by Gasteiger charge is 2.34. The molecular formula is C11H10F3N3O4S. The number of nitrogens with one attached hydrogen (secondary N) is 3. The molecule has 120 valence electrons. The van der Waals surface area contributed by atoms with Gasteiger partial charge in [0.05, 0.1) is 11.3 Å². The van der Waals surface area contributed by atoms with Crippen molar-refractivity contribution in [1.82, 2.24) is 10.6 Å². The average Bonchev–Trinajstić information content (AvgIpc) is 2.65. The average molecular weight is 337 g/mol. The summed E-state index contributed by atoms with van der Waals surface area (Å²) in [4.78, 5) is 22.1. The quantitative estimate of drug-likeness (QED) is 0.702. The summed E-state index contributed by atoms with van der Waals surface area (Å²) in [5, 5.41) is 3.93. The molecule has 11 heteroatoms. The van der Waals surface area contributed by atoms with E-state index in [1.54, 1.807) is 0 Å². The Balaban J connectivity index is 2.12. The van der Waals surface area contributed by atoms with Crippen molar-refractivity contribution >= 4 is 27.6 Å². The lowest BCUT2D eigenvalue weighted by molar-refractivity contribution is -0.137. The van der Waals surface area contributed by atoms with Crippen LogP contribution in [0.15, 0.2) is 24.3 Å². The van der Waals surface area contributed by atoms with Gasteiger partial charge in [-0.2, -0.15) is 13.2 Å². The highest BCUT2D eigenvalue weighted by molar-refractivity contribution is 7.92. The maximum absolute atomic E-state index is 12.5. The Morgan fingerprint density at radius 2 is 1.91 bits per heavy atom. The van der Waals surface area contributed by atoms with Crippen LogP contribution in [0.2, 0.25) is 0 Å². The number of sulfonamides is 1. The van der Waals surface area contributed by atoms with Gasteiger partial charge in [0, 0.05) is 5.69 Å². The summed E-state index contributed by atoms with van der Waals surface area (Å²) in [5.74, 6) is -1.61. The van der Waals surface area contributed by atoms with E-state index in [0.717, 1.165) is 18.2 Å². The molecule has 1 unspecified atom stereocenters. The van der Waals surface area contributed by atoms with E-state index in [2.05, 4.69) is 5.32 Å². The van der Waals surface area contributed by atoms with Gasteiger partial charge < -0.3 is 5.32 Å². The normalized spacial score (nSPS) is 18.8. The molecule has 2 rings (SSSR count). The van der Waals surface area contributed by atoms with Gasteiger partial charge in [0.25, 0.3) is 5.91 Å². The lowest BCUT2D eigenvalue weighted by Gasteiger charge is -2.12. The second-order valence-corrected chi connectivity index (χ2v) is 6.24. The molecule has 1 aliphatic rings. The van der Waals surface area contributed by atoms with Crippen LogP contribution in [0.4, 0.5) is 23.7 Å². The maximum atomic E-state index is 12.5. The van der Waals surface area contributed by atoms with Gasteiger partial charge in [0.15, 0.2) is 0 Å². The van der Waals surface area contributed by atoms with Crippen molar-refractivity contribution in [3.63, 3.8) is 0 Å². The highest BCUT2D eigenvalue weighted by Crippen LogP contribution is 2.30. The van der Waals surface area contributed by atoms with Gasteiger partial charge in [-0.25, -0.2) is 13.2 Å². The third-order valence-corrected chi connectivity index (χ3v) is 4.03. The highest BCUT2D eigenvalue weighted by atomic mass is 32.2. The first-order valence-electron chi connectivity index (χ1n) is 5.86. The first-order chi connectivity index (χ1) is 10.1. The zero-order valence-corrected chi connectivity index (χ0v) is 11.6. The number of urea groups is 1. The van der Waals surface area contributed by atoms with E-state index < -0.39 is 45.5 Å². The Morgan fingerprint density at radius 1 is 1.23 bits per heavy atom. The number of hydrogen-bond acceptors (Lipinski definition) is 4. The van der Waals surface area contributed by atoms with Crippen LogP contribution >= 0.6 is 0 Å². The van der Waals surface area contributed by atoms with Gasteiger partial charge >= 0.3 is 12.2 Å². The zero-order chi connectivity index (χ0) is 16.5. The molecule has 1 saturated heterocycles. The molecule has 22 heavy (non-hydrogen) atoms. The van der Waals surface area contributed by atoms with E-state index in [0.29, 0.717) is 6.07 Å². The standard InChI is InChI=1S/C11H10F3N3O4S/c12-11(13,14)6-2-1-3-7(4-6)17-22(20,21)5-8-9(18)16-10(19)15-8/h1-4,8,17H,5H2,(H2,15,16,18,19). The maximum Gasteiger partial charge on any atom is 0.416 e. The van der Waals surface area contributed by atoms with Crippen molar-refractivity contribution < 1.29 is 31.2 Å². The number of carbonyl (C=O) groups is 2. The summed E-state index contributed by atoms with van der Waals surface area (Å²) in [6.07, 6.45) is -4.61. The second-order valence-electron chi connectivity index (χ2n) is 4.48. The van der Waals surface area contributed by atoms with E-state index in [1.165, 1.54) is 0 Å². The van der Waals surface area contributed by atoms with Crippen LogP contribution in [0.25, 0.3) is 0 Å². The molecule has 1 aromatic carbocycles. The molecule has 1 aromatic rings. The third kappa shape index (κ3) is 3.87. The number of alkyl halides is 3. The van der Waals surface area contributed by atoms with Crippen molar-refractivity contribution in [2.24, 2.45) is 0 Å². The van der Waals surface area contributed by atoms with Crippen LogP contribution in [-0.4, -0.2) is 32.2 Å². The fraction of sp³-hybridized carbons (Fsp3) is 0.273. The molecule has 0 saturated carbocycles. The van der Waals surface area contributed by atoms with E-state index in [4.69, 9.17) is 0 Å². The molecular weight excluding hydrogens is 327 g/mol. The van der Waals surface area contributed by atoms with E-state index >= 15 is 0 Å². The topological polar surface area (TPSA) is 104 Å². The van der Waals surface area contributed by atoms with Crippen molar-refractivity contribution in [2.75, 3.05) is 10.5 Å². The molecule has 3 amide bonds. The molecule has 0 aliphatic carbocycles. The summed E-state index contributed by atoms with van der Waals surface area (Å²) < 4.78 is 63.3. The Bertz CT molecular complexity index is 718. The van der Waals surface area contributed by atoms with Crippen LogP contribution < -0.4 is 15.4 Å². The number of hydrogen-bond donors (Lipinski definition) is 3. The van der Waals surface area contributed by atoms with Crippen molar-refractivity contribution in [2.45, 2.75) is 12.2 Å². The number of carbonyl (C=O) groups excluding carboxylic acids is 2. The number of amides is 3. The fourth-order valence-corrected chi connectivity index (χ4v) is 3.02. The lowest BCUT2D eigenvalue weighted by Crippen LogP contribution is -2.38. The molecule has 0 radical (unpaired) electrons. The number of imide groups is 1. The molecule has 1 fully saturated rings. The van der Waals surface area contributed by atoms with Crippen molar-refractivity contribution in [3.05, 3.63) is 29.8 Å². The predicted octanol–water partition coefficient (Wildman–Crippen LogP) is 0.655. The third-order valence-electron chi connectivity index (χ3n) is 2.71. The van der Waals surface area contributed by atoms with E-state index in [1.807, 2.05) is 10.0 Å². The van der Waals surface area contributed by atoms with Gasteiger partial charge in [0.1, 0.15) is 6.04 Å². The van der Waals surface area contributed by atoms with Gasteiger partial charge in [-0.05, 0) is 18.2 Å². The number of benzene rings is 1. The monoisotopic (exact) mass is 337 g/mol. The Labute approximate surface area is 122 Å². The SMILES string of the molecule is O=C1NC(=O)C(CS(=O)(=O)Nc2cccc(C(F)(F)F)c2)N1. The molecule has 7 nitrogen and oxygen atoms in total. The van der Waals surface area contributed by atoms with Crippen LogP contribution in [-0.2, 0) is 21.0 Å². The molecule has 0 bridgehead atoms. The molecule has 1 atom stereocenters. The van der Waals surface area contributed by atoms with Crippen molar-refractivity contribution in [1.29, 1.82) is 0 Å². The number of halogens is 3. The summed E-state index contributed by atoms with van der Waals surface area (Å²) in [7, 11) is -4.13. The summed E-state index contributed by atoms with van der Waals surface area (Å²) in [6.45, 7) is 0. The summed E-state index contributed by atoms with van der Waals surface area (Å²) in [6, 6.07) is 1.48. The zero-order valence-electron chi connectivity index (χ0n) is 10.8. The Hall–Kier alpha value is -2.30. The van der Waals surface area contributed by atoms with Gasteiger partial charge in [0.2, 0.25) is 10.0 Å². The number of anilines is 1. The van der Waals surface area contributed by atoms with Gasteiger partial charge in [-0.3, -0.25) is 14.8 Å². The minimum absolute atomic E-state index is 0.292. The Kier molecular flexibility index (Phi) is 4.00. The van der Waals surface area contributed by atoms with E-state index in [9.17, 15) is 31.2 Å². The van der Waals surface area contributed by atoms with Crippen LogP contribution in [0.5, 0.6) is 0 Å². The first kappa shape index (κ1) is 16.1. The van der Waals surface area contributed by atoms with E-state index in [-0.39, 0.29) is 5.69 Å². The van der Waals surface area contributed by atoms with Gasteiger partial charge in [-0.15, -0.1) is 0 Å². The van der Waals surface area contributed by atoms with Gasteiger partial charge in [-0.1, -0.05) is 6.07 Å². The van der Waals surface area contributed by atoms with Crippen LogP contribution in [0, 0.1) is 0 Å². The molecule has 1 heterocycles. The minimum atomic E-state index is -4.61. The lowest BCUT2D eigenvalue weighted by atomic mass is 10.2. The minimum Gasteiger partial charge on any atom is -0.325 e. The first-order valence-corrected chi connectivity index (χ1v) is 7.51.